The number of anilines is 1. The number of hydrogen-bond donors (Lipinski definition) is 1. The first kappa shape index (κ1) is 8.74. The van der Waals surface area contributed by atoms with E-state index in [4.69, 9.17) is 5.73 Å². The summed E-state index contributed by atoms with van der Waals surface area (Å²) in [7, 11) is 0. The number of nitrogens with two attached hydrogens (primary N) is 1. The van der Waals surface area contributed by atoms with Gasteiger partial charge in [-0.1, -0.05) is 18.2 Å². The van der Waals surface area contributed by atoms with E-state index in [-0.39, 0.29) is 11.9 Å². The SMILES string of the molecule is NC(=O)C1CC=NN1c1ccccc1. The minimum atomic E-state index is -0.341. The van der Waals surface area contributed by atoms with Crippen molar-refractivity contribution in [1.29, 1.82) is 0 Å². The lowest BCUT2D eigenvalue weighted by Gasteiger charge is -2.20. The van der Waals surface area contributed by atoms with E-state index in [2.05, 4.69) is 5.10 Å². The van der Waals surface area contributed by atoms with Crippen molar-refractivity contribution in [3.8, 4) is 0 Å². The van der Waals surface area contributed by atoms with E-state index in [0.29, 0.717) is 6.42 Å². The van der Waals surface area contributed by atoms with Crippen LogP contribution in [0, 0.1) is 0 Å². The number of nitrogens with zero attached hydrogens (tertiary/aromatic N) is 2. The molecule has 1 aromatic carbocycles. The second-order valence-electron chi connectivity index (χ2n) is 3.13. The molecule has 14 heavy (non-hydrogen) atoms. The topological polar surface area (TPSA) is 58.7 Å². The van der Waals surface area contributed by atoms with Crippen LogP contribution in [-0.4, -0.2) is 18.2 Å². The van der Waals surface area contributed by atoms with Crippen molar-refractivity contribution in [2.75, 3.05) is 5.01 Å². The Bertz CT molecular complexity index is 361. The molecule has 1 aliphatic rings. The van der Waals surface area contributed by atoms with Gasteiger partial charge in [0.1, 0.15) is 6.04 Å². The maximum absolute atomic E-state index is 11.1. The number of carbonyl (C=O) groups excluding carboxylic acids is 1. The van der Waals surface area contributed by atoms with Crippen LogP contribution in [0.2, 0.25) is 0 Å². The fraction of sp³-hybridized carbons (Fsp3) is 0.200. The Morgan fingerprint density at radius 2 is 2.14 bits per heavy atom. The summed E-state index contributed by atoms with van der Waals surface area (Å²) in [5, 5.41) is 5.77. The Hall–Kier alpha value is -1.84. The Balaban J connectivity index is 2.26. The monoisotopic (exact) mass is 189 g/mol. The average molecular weight is 189 g/mol. The second-order valence-corrected chi connectivity index (χ2v) is 3.13. The van der Waals surface area contributed by atoms with Crippen LogP contribution in [0.1, 0.15) is 6.42 Å². The summed E-state index contributed by atoms with van der Waals surface area (Å²) in [6, 6.07) is 9.19. The highest BCUT2D eigenvalue weighted by Crippen LogP contribution is 2.21. The van der Waals surface area contributed by atoms with Gasteiger partial charge in [0.2, 0.25) is 5.91 Å². The summed E-state index contributed by atoms with van der Waals surface area (Å²) in [6.45, 7) is 0. The van der Waals surface area contributed by atoms with Gasteiger partial charge < -0.3 is 5.73 Å². The van der Waals surface area contributed by atoms with Crippen molar-refractivity contribution in [2.45, 2.75) is 12.5 Å². The van der Waals surface area contributed by atoms with Crippen LogP contribution in [0.15, 0.2) is 35.4 Å². The van der Waals surface area contributed by atoms with E-state index in [9.17, 15) is 4.79 Å². The van der Waals surface area contributed by atoms with Gasteiger partial charge >= 0.3 is 0 Å². The molecule has 1 aromatic rings. The fourth-order valence-electron chi connectivity index (χ4n) is 1.48. The smallest absolute Gasteiger partial charge is 0.242 e. The van der Waals surface area contributed by atoms with E-state index in [1.54, 1.807) is 11.2 Å². The van der Waals surface area contributed by atoms with E-state index >= 15 is 0 Å². The number of benzene rings is 1. The molecule has 4 nitrogen and oxygen atoms in total. The van der Waals surface area contributed by atoms with Crippen LogP contribution in [0.5, 0.6) is 0 Å². The highest BCUT2D eigenvalue weighted by molar-refractivity contribution is 5.89. The average Bonchev–Trinajstić information content (AvgIpc) is 2.67. The number of hydrazone groups is 1. The normalized spacial score (nSPS) is 20.0. The van der Waals surface area contributed by atoms with Crippen LogP contribution in [0.4, 0.5) is 5.69 Å². The van der Waals surface area contributed by atoms with Crippen LogP contribution < -0.4 is 10.7 Å². The Labute approximate surface area is 82.0 Å². The molecule has 0 saturated carbocycles. The minimum absolute atomic E-state index is 0.336. The number of rotatable bonds is 2. The van der Waals surface area contributed by atoms with Crippen LogP contribution >= 0.6 is 0 Å². The summed E-state index contributed by atoms with van der Waals surface area (Å²) in [6.07, 6.45) is 2.30. The molecule has 1 amide bonds. The molecular weight excluding hydrogens is 178 g/mol. The number of amides is 1. The molecule has 0 bridgehead atoms. The summed E-state index contributed by atoms with van der Waals surface area (Å²) in [5.74, 6) is -0.341. The maximum Gasteiger partial charge on any atom is 0.242 e. The van der Waals surface area contributed by atoms with Gasteiger partial charge in [0.15, 0.2) is 0 Å². The molecule has 0 saturated heterocycles. The zero-order valence-electron chi connectivity index (χ0n) is 7.63. The lowest BCUT2D eigenvalue weighted by molar-refractivity contribution is -0.119. The van der Waals surface area contributed by atoms with Gasteiger partial charge in [0.05, 0.1) is 5.69 Å². The van der Waals surface area contributed by atoms with Gasteiger partial charge in [-0.25, -0.2) is 0 Å². The molecule has 0 fully saturated rings. The quantitative estimate of drug-likeness (QED) is 0.745. The number of carbonyl (C=O) groups is 1. The van der Waals surface area contributed by atoms with E-state index in [0.717, 1.165) is 5.69 Å². The molecule has 1 unspecified atom stereocenters. The predicted molar refractivity (Wildman–Crippen MR) is 55.0 cm³/mol. The third-order valence-corrected chi connectivity index (χ3v) is 2.18. The van der Waals surface area contributed by atoms with Gasteiger partial charge in [-0.2, -0.15) is 5.10 Å². The molecule has 0 spiro atoms. The summed E-state index contributed by atoms with van der Waals surface area (Å²) in [4.78, 5) is 11.1. The van der Waals surface area contributed by atoms with Crippen molar-refractivity contribution in [2.24, 2.45) is 10.8 Å². The first-order valence-electron chi connectivity index (χ1n) is 4.45. The Morgan fingerprint density at radius 3 is 2.79 bits per heavy atom. The molecule has 72 valence electrons. The third-order valence-electron chi connectivity index (χ3n) is 2.18. The minimum Gasteiger partial charge on any atom is -0.368 e. The van der Waals surface area contributed by atoms with Gasteiger partial charge in [-0.15, -0.1) is 0 Å². The summed E-state index contributed by atoms with van der Waals surface area (Å²) in [5.41, 5.74) is 6.16. The molecule has 0 radical (unpaired) electrons. The molecule has 4 heteroatoms. The van der Waals surface area contributed by atoms with Gasteiger partial charge in [0, 0.05) is 12.6 Å². The fourth-order valence-corrected chi connectivity index (χ4v) is 1.48. The zero-order chi connectivity index (χ0) is 9.97. The van der Waals surface area contributed by atoms with Crippen molar-refractivity contribution >= 4 is 17.8 Å². The van der Waals surface area contributed by atoms with Crippen molar-refractivity contribution < 1.29 is 4.79 Å². The van der Waals surface area contributed by atoms with E-state index in [1.165, 1.54) is 0 Å². The first-order valence-corrected chi connectivity index (χ1v) is 4.45. The van der Waals surface area contributed by atoms with Crippen molar-refractivity contribution in [3.63, 3.8) is 0 Å². The summed E-state index contributed by atoms with van der Waals surface area (Å²) < 4.78 is 0. The van der Waals surface area contributed by atoms with Crippen LogP contribution in [-0.2, 0) is 4.79 Å². The first-order chi connectivity index (χ1) is 6.79. The lowest BCUT2D eigenvalue weighted by Crippen LogP contribution is -2.39. The molecular formula is C10H11N3O. The summed E-state index contributed by atoms with van der Waals surface area (Å²) >= 11 is 0. The molecule has 2 rings (SSSR count). The highest BCUT2D eigenvalue weighted by Gasteiger charge is 2.26. The van der Waals surface area contributed by atoms with Crippen LogP contribution in [0.25, 0.3) is 0 Å². The Kier molecular flexibility index (Phi) is 2.18. The zero-order valence-corrected chi connectivity index (χ0v) is 7.63. The largest absolute Gasteiger partial charge is 0.368 e. The standard InChI is InChI=1S/C10H11N3O/c11-10(14)9-6-7-12-13(9)8-4-2-1-3-5-8/h1-5,7,9H,6H2,(H2,11,14). The Morgan fingerprint density at radius 1 is 1.43 bits per heavy atom. The number of para-hydroxylation sites is 1. The van der Waals surface area contributed by atoms with Gasteiger partial charge in [-0.05, 0) is 12.1 Å². The number of hydrogen-bond acceptors (Lipinski definition) is 3. The molecule has 2 N–H and O–H groups in total. The number of primary amides is 1. The highest BCUT2D eigenvalue weighted by atomic mass is 16.1. The van der Waals surface area contributed by atoms with Crippen molar-refractivity contribution in [3.05, 3.63) is 30.3 Å². The molecule has 0 aromatic heterocycles. The molecule has 1 heterocycles. The van der Waals surface area contributed by atoms with Crippen LogP contribution in [0.3, 0.4) is 0 Å². The molecule has 1 aliphatic heterocycles. The lowest BCUT2D eigenvalue weighted by atomic mass is 10.2. The van der Waals surface area contributed by atoms with E-state index in [1.807, 2.05) is 30.3 Å². The van der Waals surface area contributed by atoms with Gasteiger partial charge in [0.25, 0.3) is 0 Å². The molecule has 0 aliphatic carbocycles. The predicted octanol–water partition coefficient (Wildman–Crippen LogP) is 0.736. The second kappa shape index (κ2) is 3.49. The molecule has 1 atom stereocenters. The maximum atomic E-state index is 11.1. The van der Waals surface area contributed by atoms with E-state index < -0.39 is 0 Å². The third kappa shape index (κ3) is 1.46. The van der Waals surface area contributed by atoms with Gasteiger partial charge in [-0.3, -0.25) is 9.80 Å². The van der Waals surface area contributed by atoms with Crippen molar-refractivity contribution in [1.82, 2.24) is 0 Å².